The molecule has 1 aliphatic rings. The molecular formula is C29H25ClN2O6S. The molecule has 200 valence electrons. The zero-order chi connectivity index (χ0) is 27.7. The first-order valence-electron chi connectivity index (χ1n) is 12.1. The molecule has 10 heteroatoms. The maximum absolute atomic E-state index is 13.9. The molecule has 0 fully saturated rings. The van der Waals surface area contributed by atoms with Crippen LogP contribution < -0.4 is 24.4 Å². The molecule has 0 amide bonds. The Morgan fingerprint density at radius 3 is 2.59 bits per heavy atom. The van der Waals surface area contributed by atoms with Gasteiger partial charge >= 0.3 is 5.97 Å². The molecule has 5 rings (SSSR count). The van der Waals surface area contributed by atoms with Gasteiger partial charge in [-0.25, -0.2) is 9.79 Å². The summed E-state index contributed by atoms with van der Waals surface area (Å²) >= 11 is 7.21. The monoisotopic (exact) mass is 564 g/mol. The summed E-state index contributed by atoms with van der Waals surface area (Å²) in [6.07, 6.45) is 1.68. The molecule has 0 spiro atoms. The molecule has 1 atom stereocenters. The molecule has 0 radical (unpaired) electrons. The number of allylic oxidation sites excluding steroid dienone is 1. The van der Waals surface area contributed by atoms with E-state index in [-0.39, 0.29) is 17.7 Å². The Morgan fingerprint density at radius 1 is 1.13 bits per heavy atom. The SMILES string of the molecule is CCOC(=O)C1=C(C)N=c2sc(=Cc3ccc(-c4ccc(Cl)cc4)o3)c(=O)n2C1c1ccc(OC)cc1OC. The van der Waals surface area contributed by atoms with Gasteiger partial charge in [-0.3, -0.25) is 9.36 Å². The fourth-order valence-electron chi connectivity index (χ4n) is 4.46. The van der Waals surface area contributed by atoms with Gasteiger partial charge in [0.1, 0.15) is 29.1 Å². The van der Waals surface area contributed by atoms with Crippen LogP contribution in [0.25, 0.3) is 17.4 Å². The Labute approximate surface area is 233 Å². The topological polar surface area (TPSA) is 92.3 Å². The van der Waals surface area contributed by atoms with Crippen molar-refractivity contribution in [2.45, 2.75) is 19.9 Å². The fourth-order valence-corrected chi connectivity index (χ4v) is 5.61. The smallest absolute Gasteiger partial charge is 0.338 e. The number of carbonyl (C=O) groups is 1. The van der Waals surface area contributed by atoms with E-state index in [4.69, 9.17) is 30.2 Å². The number of hydrogen-bond acceptors (Lipinski definition) is 8. The van der Waals surface area contributed by atoms with Gasteiger partial charge in [0.2, 0.25) is 0 Å². The Morgan fingerprint density at radius 2 is 1.90 bits per heavy atom. The van der Waals surface area contributed by atoms with Gasteiger partial charge in [-0.05, 0) is 62.4 Å². The molecule has 0 saturated heterocycles. The molecular weight excluding hydrogens is 540 g/mol. The van der Waals surface area contributed by atoms with Gasteiger partial charge in [0.15, 0.2) is 4.80 Å². The molecule has 2 aromatic heterocycles. The molecule has 3 heterocycles. The van der Waals surface area contributed by atoms with Crippen LogP contribution in [0, 0.1) is 0 Å². The quantitative estimate of drug-likeness (QED) is 0.301. The summed E-state index contributed by atoms with van der Waals surface area (Å²) in [5, 5.41) is 0.632. The number of esters is 1. The lowest BCUT2D eigenvalue weighted by Crippen LogP contribution is -2.40. The fraction of sp³-hybridized carbons (Fsp3) is 0.207. The molecule has 8 nitrogen and oxygen atoms in total. The number of carbonyl (C=O) groups excluding carboxylic acids is 1. The molecule has 39 heavy (non-hydrogen) atoms. The van der Waals surface area contributed by atoms with Crippen molar-refractivity contribution in [1.82, 2.24) is 4.57 Å². The number of nitrogens with zero attached hydrogens (tertiary/aromatic N) is 2. The van der Waals surface area contributed by atoms with Crippen molar-refractivity contribution in [3.63, 3.8) is 0 Å². The van der Waals surface area contributed by atoms with Gasteiger partial charge in [-0.2, -0.15) is 0 Å². The average Bonchev–Trinajstić information content (AvgIpc) is 3.52. The van der Waals surface area contributed by atoms with Crippen molar-refractivity contribution in [2.24, 2.45) is 4.99 Å². The van der Waals surface area contributed by atoms with Crippen LogP contribution in [0.3, 0.4) is 0 Å². The number of hydrogen-bond donors (Lipinski definition) is 0. The molecule has 0 N–H and O–H groups in total. The highest BCUT2D eigenvalue weighted by molar-refractivity contribution is 7.07. The lowest BCUT2D eigenvalue weighted by Gasteiger charge is -2.26. The number of aromatic nitrogens is 1. The first kappa shape index (κ1) is 26.5. The summed E-state index contributed by atoms with van der Waals surface area (Å²) in [7, 11) is 3.08. The summed E-state index contributed by atoms with van der Waals surface area (Å²) in [5.74, 6) is 1.64. The summed E-state index contributed by atoms with van der Waals surface area (Å²) in [6, 6.07) is 15.4. The Kier molecular flexibility index (Phi) is 7.45. The molecule has 1 aliphatic heterocycles. The maximum atomic E-state index is 13.9. The van der Waals surface area contributed by atoms with Crippen LogP contribution in [0.15, 0.2) is 80.1 Å². The molecule has 2 aromatic carbocycles. The lowest BCUT2D eigenvalue weighted by molar-refractivity contribution is -0.139. The third kappa shape index (κ3) is 5.03. The van der Waals surface area contributed by atoms with Crippen LogP contribution in [0.2, 0.25) is 5.02 Å². The van der Waals surface area contributed by atoms with E-state index in [1.54, 1.807) is 63.4 Å². The number of thiazole rings is 1. The number of rotatable bonds is 7. The van der Waals surface area contributed by atoms with Crippen LogP contribution in [0.1, 0.15) is 31.2 Å². The predicted molar refractivity (Wildman–Crippen MR) is 149 cm³/mol. The summed E-state index contributed by atoms with van der Waals surface area (Å²) in [6.45, 7) is 3.64. The third-order valence-electron chi connectivity index (χ3n) is 6.28. The zero-order valence-corrected chi connectivity index (χ0v) is 23.3. The summed E-state index contributed by atoms with van der Waals surface area (Å²) in [4.78, 5) is 32.1. The second-order valence-corrected chi connectivity index (χ2v) is 10.1. The molecule has 0 aliphatic carbocycles. The van der Waals surface area contributed by atoms with Crippen molar-refractivity contribution in [3.05, 3.63) is 102 Å². The van der Waals surface area contributed by atoms with E-state index in [0.29, 0.717) is 48.6 Å². The first-order chi connectivity index (χ1) is 18.8. The normalized spacial score (nSPS) is 15.1. The number of halogens is 1. The van der Waals surface area contributed by atoms with Gasteiger partial charge in [0.05, 0.1) is 36.6 Å². The Balaban J connectivity index is 1.67. The van der Waals surface area contributed by atoms with E-state index in [0.717, 1.165) is 5.56 Å². The number of methoxy groups -OCH3 is 2. The average molecular weight is 565 g/mol. The highest BCUT2D eigenvalue weighted by Gasteiger charge is 2.35. The van der Waals surface area contributed by atoms with Crippen molar-refractivity contribution >= 4 is 35.0 Å². The van der Waals surface area contributed by atoms with Gasteiger partial charge in [0, 0.05) is 28.3 Å². The third-order valence-corrected chi connectivity index (χ3v) is 7.52. The van der Waals surface area contributed by atoms with Crippen LogP contribution in [-0.2, 0) is 9.53 Å². The van der Waals surface area contributed by atoms with E-state index in [2.05, 4.69) is 4.99 Å². The molecule has 1 unspecified atom stereocenters. The predicted octanol–water partition coefficient (Wildman–Crippen LogP) is 4.73. The van der Waals surface area contributed by atoms with E-state index in [1.165, 1.54) is 23.0 Å². The Hall–Kier alpha value is -4.08. The van der Waals surface area contributed by atoms with Crippen LogP contribution in [0.5, 0.6) is 11.5 Å². The van der Waals surface area contributed by atoms with Crippen LogP contribution in [0.4, 0.5) is 0 Å². The summed E-state index contributed by atoms with van der Waals surface area (Å²) < 4.78 is 24.3. The zero-order valence-electron chi connectivity index (χ0n) is 21.7. The number of fused-ring (bicyclic) bond motifs is 1. The number of furan rings is 1. The first-order valence-corrected chi connectivity index (χ1v) is 13.3. The van der Waals surface area contributed by atoms with Crippen LogP contribution in [-0.4, -0.2) is 31.4 Å². The van der Waals surface area contributed by atoms with E-state index < -0.39 is 12.0 Å². The van der Waals surface area contributed by atoms with Crippen molar-refractivity contribution in [2.75, 3.05) is 20.8 Å². The van der Waals surface area contributed by atoms with Gasteiger partial charge in [-0.1, -0.05) is 22.9 Å². The Bertz CT molecular complexity index is 1760. The molecule has 4 aromatic rings. The maximum Gasteiger partial charge on any atom is 0.338 e. The second kappa shape index (κ2) is 11.0. The van der Waals surface area contributed by atoms with Crippen molar-refractivity contribution in [1.29, 1.82) is 0 Å². The van der Waals surface area contributed by atoms with E-state index in [1.807, 2.05) is 18.2 Å². The largest absolute Gasteiger partial charge is 0.497 e. The van der Waals surface area contributed by atoms with E-state index >= 15 is 0 Å². The molecule has 0 bridgehead atoms. The van der Waals surface area contributed by atoms with E-state index in [9.17, 15) is 9.59 Å². The second-order valence-electron chi connectivity index (χ2n) is 8.62. The van der Waals surface area contributed by atoms with Gasteiger partial charge in [0.25, 0.3) is 5.56 Å². The highest BCUT2D eigenvalue weighted by atomic mass is 35.5. The lowest BCUT2D eigenvalue weighted by atomic mass is 9.95. The molecule has 0 saturated carbocycles. The van der Waals surface area contributed by atoms with Crippen molar-refractivity contribution < 1.29 is 23.4 Å². The van der Waals surface area contributed by atoms with Gasteiger partial charge < -0.3 is 18.6 Å². The number of benzene rings is 2. The minimum Gasteiger partial charge on any atom is -0.497 e. The van der Waals surface area contributed by atoms with Crippen molar-refractivity contribution in [3.8, 4) is 22.8 Å². The van der Waals surface area contributed by atoms with Crippen LogP contribution >= 0.6 is 22.9 Å². The van der Waals surface area contributed by atoms with Gasteiger partial charge in [-0.15, -0.1) is 0 Å². The summed E-state index contributed by atoms with van der Waals surface area (Å²) in [5.41, 5.74) is 1.88. The minimum atomic E-state index is -0.815. The standard InChI is InChI=1S/C29H25ClN2O6S/c1-5-37-28(34)25-16(2)31-29-32(26(25)21-12-10-19(35-3)14-23(21)36-4)27(33)24(39-29)15-20-11-13-22(38-20)17-6-8-18(30)9-7-17/h6-15,26H,5H2,1-4H3. The number of ether oxygens (including phenoxy) is 3. The minimum absolute atomic E-state index is 0.181. The highest BCUT2D eigenvalue weighted by Crippen LogP contribution is 2.37.